The largest absolute Gasteiger partial charge is 0.481 e. The molecule has 0 spiro atoms. The van der Waals surface area contributed by atoms with Gasteiger partial charge >= 0.3 is 12.1 Å². The number of carbonyl (C=O) groups is 2. The van der Waals surface area contributed by atoms with Gasteiger partial charge < -0.3 is 10.4 Å². The minimum Gasteiger partial charge on any atom is -0.481 e. The van der Waals surface area contributed by atoms with Gasteiger partial charge in [-0.05, 0) is 43.0 Å². The van der Waals surface area contributed by atoms with Crippen LogP contribution in [-0.2, 0) is 16.0 Å². The summed E-state index contributed by atoms with van der Waals surface area (Å²) in [6.07, 6.45) is -4.32. The Bertz CT molecular complexity index is 1090. The summed E-state index contributed by atoms with van der Waals surface area (Å²) < 4.78 is 55.9. The van der Waals surface area contributed by atoms with Crippen molar-refractivity contribution < 1.29 is 32.3 Å². The molecule has 2 N–H and O–H groups in total. The maximum Gasteiger partial charge on any atom is 0.392 e. The lowest BCUT2D eigenvalue weighted by Gasteiger charge is -2.26. The van der Waals surface area contributed by atoms with Crippen molar-refractivity contribution in [1.82, 2.24) is 0 Å². The quantitative estimate of drug-likeness (QED) is 0.378. The number of halogens is 7. The molecule has 11 heteroatoms. The molecule has 1 amide bonds. The summed E-state index contributed by atoms with van der Waals surface area (Å²) in [7, 11) is 0. The molecule has 1 aliphatic rings. The summed E-state index contributed by atoms with van der Waals surface area (Å²) in [4.78, 5) is 24.5. The Hall–Kier alpha value is -2.03. The van der Waals surface area contributed by atoms with Gasteiger partial charge in [-0.25, -0.2) is 4.39 Å². The highest BCUT2D eigenvalue weighted by Crippen LogP contribution is 2.50. The van der Waals surface area contributed by atoms with E-state index in [-0.39, 0.29) is 32.6 Å². The number of carboxylic acid groups (broad SMARTS) is 1. The summed E-state index contributed by atoms with van der Waals surface area (Å²) >= 11 is 17.9. The van der Waals surface area contributed by atoms with Gasteiger partial charge in [0, 0.05) is 15.6 Å². The average Bonchev–Trinajstić information content (AvgIpc) is 3.50. The van der Waals surface area contributed by atoms with E-state index < -0.39 is 46.8 Å². The normalized spacial score (nSPS) is 16.7. The molecule has 2 atom stereocenters. The van der Waals surface area contributed by atoms with Crippen LogP contribution in [0, 0.1) is 17.2 Å². The van der Waals surface area contributed by atoms with Crippen LogP contribution in [0.2, 0.25) is 15.1 Å². The number of anilines is 1. The number of benzene rings is 2. The molecule has 2 aromatic carbocycles. The second-order valence-electron chi connectivity index (χ2n) is 8.12. The van der Waals surface area contributed by atoms with Crippen LogP contribution < -0.4 is 5.32 Å². The van der Waals surface area contributed by atoms with E-state index in [1.807, 2.05) is 0 Å². The summed E-state index contributed by atoms with van der Waals surface area (Å²) in [5.41, 5.74) is -1.88. The van der Waals surface area contributed by atoms with Crippen molar-refractivity contribution in [2.45, 2.75) is 38.3 Å². The van der Waals surface area contributed by atoms with Gasteiger partial charge in [-0.15, -0.1) is 0 Å². The van der Waals surface area contributed by atoms with Crippen LogP contribution in [0.5, 0.6) is 0 Å². The van der Waals surface area contributed by atoms with Crippen LogP contribution in [0.15, 0.2) is 30.3 Å². The zero-order valence-corrected chi connectivity index (χ0v) is 19.3. The molecule has 33 heavy (non-hydrogen) atoms. The number of hydrogen-bond donors (Lipinski definition) is 2. The molecule has 0 aromatic heterocycles. The molecule has 0 bridgehead atoms. The highest BCUT2D eigenvalue weighted by Gasteiger charge is 2.51. The highest BCUT2D eigenvalue weighted by atomic mass is 35.5. The van der Waals surface area contributed by atoms with Crippen molar-refractivity contribution >= 4 is 52.4 Å². The molecule has 0 heterocycles. The smallest absolute Gasteiger partial charge is 0.392 e. The highest BCUT2D eigenvalue weighted by molar-refractivity contribution is 6.37. The molecule has 1 saturated carbocycles. The first-order valence-corrected chi connectivity index (χ1v) is 10.9. The van der Waals surface area contributed by atoms with E-state index in [0.29, 0.717) is 12.8 Å². The second kappa shape index (κ2) is 9.31. The number of alkyl halides is 3. The lowest BCUT2D eigenvalue weighted by Crippen LogP contribution is -2.34. The first-order valence-electron chi connectivity index (χ1n) is 9.79. The van der Waals surface area contributed by atoms with Gasteiger partial charge in [0.1, 0.15) is 0 Å². The average molecular weight is 527 g/mol. The summed E-state index contributed by atoms with van der Waals surface area (Å²) in [6, 6.07) is 6.37. The number of amides is 1. The van der Waals surface area contributed by atoms with Crippen molar-refractivity contribution in [1.29, 1.82) is 0 Å². The van der Waals surface area contributed by atoms with Crippen LogP contribution in [0.1, 0.15) is 36.8 Å². The summed E-state index contributed by atoms with van der Waals surface area (Å²) in [5.74, 6) is -7.18. The first-order chi connectivity index (χ1) is 15.3. The lowest BCUT2D eigenvalue weighted by atomic mass is 9.85. The van der Waals surface area contributed by atoms with E-state index in [9.17, 15) is 27.9 Å². The van der Waals surface area contributed by atoms with Crippen LogP contribution in [0.4, 0.5) is 23.2 Å². The van der Waals surface area contributed by atoms with E-state index in [0.717, 1.165) is 13.0 Å². The monoisotopic (exact) mass is 525 g/mol. The Morgan fingerprint density at radius 2 is 1.70 bits per heavy atom. The number of aliphatic carboxylic acids is 1. The van der Waals surface area contributed by atoms with Gasteiger partial charge in [0.2, 0.25) is 5.91 Å². The van der Waals surface area contributed by atoms with Crippen molar-refractivity contribution in [3.05, 3.63) is 62.3 Å². The first kappa shape index (κ1) is 25.6. The van der Waals surface area contributed by atoms with Crippen molar-refractivity contribution in [3.8, 4) is 0 Å². The zero-order chi connectivity index (χ0) is 24.7. The third-order valence-corrected chi connectivity index (χ3v) is 6.75. The molecule has 4 nitrogen and oxygen atoms in total. The summed E-state index contributed by atoms with van der Waals surface area (Å²) in [5, 5.41) is 11.4. The van der Waals surface area contributed by atoms with Gasteiger partial charge in [0.05, 0.1) is 28.0 Å². The zero-order valence-electron chi connectivity index (χ0n) is 17.1. The maximum absolute atomic E-state index is 15.3. The fourth-order valence-corrected chi connectivity index (χ4v) is 4.27. The SMILES string of the molecule is C[C@H]([C@H](C(=O)Nc1c(Cl)cc(Cl)c(CC2(C(=O)O)CC2)c1F)c1ccc(Cl)cc1)C(F)(F)F. The van der Waals surface area contributed by atoms with Gasteiger partial charge in [0.25, 0.3) is 0 Å². The van der Waals surface area contributed by atoms with E-state index in [1.165, 1.54) is 24.3 Å². The predicted molar refractivity (Wildman–Crippen MR) is 117 cm³/mol. The Balaban J connectivity index is 1.99. The molecule has 1 aliphatic carbocycles. The second-order valence-corrected chi connectivity index (χ2v) is 9.37. The van der Waals surface area contributed by atoms with Crippen LogP contribution >= 0.6 is 34.8 Å². The van der Waals surface area contributed by atoms with Crippen LogP contribution in [0.3, 0.4) is 0 Å². The van der Waals surface area contributed by atoms with Gasteiger partial charge in [-0.1, -0.05) is 53.9 Å². The third-order valence-electron chi connectivity index (χ3n) is 5.86. The summed E-state index contributed by atoms with van der Waals surface area (Å²) in [6.45, 7) is 0.841. The van der Waals surface area contributed by atoms with Gasteiger partial charge in [-0.3, -0.25) is 9.59 Å². The fraction of sp³-hybridized carbons (Fsp3) is 0.364. The van der Waals surface area contributed by atoms with Crippen LogP contribution in [-0.4, -0.2) is 23.2 Å². The van der Waals surface area contributed by atoms with E-state index in [2.05, 4.69) is 5.32 Å². The fourth-order valence-electron chi connectivity index (χ4n) is 3.59. The van der Waals surface area contributed by atoms with Crippen molar-refractivity contribution in [2.24, 2.45) is 11.3 Å². The number of rotatable bonds is 7. The van der Waals surface area contributed by atoms with Gasteiger partial charge in [-0.2, -0.15) is 13.2 Å². The molecule has 0 saturated heterocycles. The number of carboxylic acids is 1. The molecule has 0 aliphatic heterocycles. The Kier molecular flexibility index (Phi) is 7.22. The predicted octanol–water partition coefficient (Wildman–Crippen LogP) is 7.11. The molecule has 1 fully saturated rings. The molecule has 0 radical (unpaired) electrons. The van der Waals surface area contributed by atoms with Gasteiger partial charge in [0.15, 0.2) is 5.82 Å². The van der Waals surface area contributed by atoms with E-state index in [4.69, 9.17) is 34.8 Å². The minimum absolute atomic E-state index is 0.0234. The Morgan fingerprint density at radius 1 is 1.12 bits per heavy atom. The molecule has 0 unspecified atom stereocenters. The Labute approximate surface area is 201 Å². The van der Waals surface area contributed by atoms with Crippen molar-refractivity contribution in [2.75, 3.05) is 5.32 Å². The molecule has 178 valence electrons. The Morgan fingerprint density at radius 3 is 2.18 bits per heavy atom. The lowest BCUT2D eigenvalue weighted by molar-refractivity contribution is -0.178. The molecular weight excluding hydrogens is 509 g/mol. The third kappa shape index (κ3) is 5.39. The molecule has 2 aromatic rings. The van der Waals surface area contributed by atoms with Crippen molar-refractivity contribution in [3.63, 3.8) is 0 Å². The molecular formula is C22H18Cl3F4NO3. The van der Waals surface area contributed by atoms with E-state index in [1.54, 1.807) is 0 Å². The molecule has 3 rings (SSSR count). The minimum atomic E-state index is -4.73. The number of hydrogen-bond acceptors (Lipinski definition) is 2. The van der Waals surface area contributed by atoms with Crippen LogP contribution in [0.25, 0.3) is 0 Å². The topological polar surface area (TPSA) is 66.4 Å². The maximum atomic E-state index is 15.3. The standard InChI is InChI=1S/C22H18Cl3F4NO3/c1-10(22(27,28)29)16(11-2-4-12(23)5-3-11)19(31)30-18-15(25)8-14(24)13(17(18)26)9-21(6-7-21)20(32)33/h2-5,8,10,16H,6-7,9H2,1H3,(H,30,31)(H,32,33)/t10-,16+/m1/s1. The number of nitrogens with one attached hydrogen (secondary N) is 1. The van der Waals surface area contributed by atoms with E-state index >= 15 is 4.39 Å². The number of carbonyl (C=O) groups excluding carboxylic acids is 1.